The molecule has 1 aliphatic carbocycles. The van der Waals surface area contributed by atoms with Crippen molar-refractivity contribution in [1.29, 1.82) is 5.26 Å². The van der Waals surface area contributed by atoms with E-state index >= 15 is 0 Å². The van der Waals surface area contributed by atoms with Crippen LogP contribution in [0.2, 0.25) is 0 Å². The van der Waals surface area contributed by atoms with Crippen molar-refractivity contribution in [3.05, 3.63) is 29.3 Å². The topological polar surface area (TPSA) is 62.1 Å². The molecule has 0 heterocycles. The van der Waals surface area contributed by atoms with Crippen LogP contribution in [0.5, 0.6) is 5.75 Å². The number of nitriles is 1. The molecule has 6 heteroatoms. The number of hydrogen-bond acceptors (Lipinski definition) is 3. The summed E-state index contributed by atoms with van der Waals surface area (Å²) < 4.78 is 32.3. The van der Waals surface area contributed by atoms with Crippen LogP contribution in [0.15, 0.2) is 12.1 Å². The normalized spacial score (nSPS) is 20.0. The zero-order valence-corrected chi connectivity index (χ0v) is 11.7. The maximum absolute atomic E-state index is 13.8. The van der Waals surface area contributed by atoms with Gasteiger partial charge in [0.2, 0.25) is 0 Å². The van der Waals surface area contributed by atoms with E-state index in [1.165, 1.54) is 0 Å². The van der Waals surface area contributed by atoms with Crippen LogP contribution >= 0.6 is 0 Å². The van der Waals surface area contributed by atoms with Crippen molar-refractivity contribution in [3.8, 4) is 24.2 Å². The number of carbonyl (C=O) groups is 1. The van der Waals surface area contributed by atoms with Gasteiger partial charge in [0, 0.05) is 11.6 Å². The molecule has 1 fully saturated rings. The molecule has 1 aromatic carbocycles. The first-order valence-corrected chi connectivity index (χ1v) is 6.82. The van der Waals surface area contributed by atoms with Crippen molar-refractivity contribution in [1.82, 2.24) is 5.32 Å². The van der Waals surface area contributed by atoms with Crippen LogP contribution in [0.25, 0.3) is 0 Å². The van der Waals surface area contributed by atoms with Crippen LogP contribution in [0.3, 0.4) is 0 Å². The Hall–Kier alpha value is -2.60. The molecule has 1 aliphatic rings. The molecule has 0 radical (unpaired) electrons. The maximum atomic E-state index is 13.8. The van der Waals surface area contributed by atoms with E-state index in [-0.39, 0.29) is 24.1 Å². The third-order valence-electron chi connectivity index (χ3n) is 3.56. The second-order valence-corrected chi connectivity index (χ2v) is 5.01. The molecule has 2 rings (SSSR count). The molecule has 0 unspecified atom stereocenters. The minimum Gasteiger partial charge on any atom is -0.475 e. The number of halogens is 2. The molecule has 1 aromatic rings. The van der Waals surface area contributed by atoms with Crippen molar-refractivity contribution < 1.29 is 18.3 Å². The summed E-state index contributed by atoms with van der Waals surface area (Å²) in [5.74, 6) is -1.38. The number of benzene rings is 1. The Bertz CT molecular complexity index is 638. The number of rotatable bonds is 4. The lowest BCUT2D eigenvalue weighted by Crippen LogP contribution is -2.37. The molecule has 1 saturated carbocycles. The van der Waals surface area contributed by atoms with E-state index in [1.807, 2.05) is 0 Å². The third kappa shape index (κ3) is 3.35. The Balaban J connectivity index is 2.14. The zero-order valence-electron chi connectivity index (χ0n) is 11.7. The van der Waals surface area contributed by atoms with Gasteiger partial charge in [-0.2, -0.15) is 5.26 Å². The van der Waals surface area contributed by atoms with E-state index in [0.717, 1.165) is 18.6 Å². The SMILES string of the molecule is C#CCOc1c(F)cc(C(=O)N[C@@H]2CCC[C@H]2C#N)cc1F. The Morgan fingerprint density at radius 1 is 1.41 bits per heavy atom. The van der Waals surface area contributed by atoms with Crippen molar-refractivity contribution in [2.75, 3.05) is 6.61 Å². The van der Waals surface area contributed by atoms with E-state index in [1.54, 1.807) is 0 Å². The summed E-state index contributed by atoms with van der Waals surface area (Å²) in [4.78, 5) is 12.1. The molecular weight excluding hydrogens is 290 g/mol. The summed E-state index contributed by atoms with van der Waals surface area (Å²) >= 11 is 0. The maximum Gasteiger partial charge on any atom is 0.251 e. The molecule has 0 bridgehead atoms. The molecule has 114 valence electrons. The van der Waals surface area contributed by atoms with E-state index in [4.69, 9.17) is 16.4 Å². The van der Waals surface area contributed by atoms with E-state index in [9.17, 15) is 13.6 Å². The van der Waals surface area contributed by atoms with Crippen LogP contribution in [0.4, 0.5) is 8.78 Å². The first kappa shape index (κ1) is 15.8. The smallest absolute Gasteiger partial charge is 0.251 e. The minimum atomic E-state index is -0.997. The zero-order chi connectivity index (χ0) is 16.1. The molecule has 0 saturated heterocycles. The van der Waals surface area contributed by atoms with Crippen LogP contribution in [0, 0.1) is 41.2 Å². The summed E-state index contributed by atoms with van der Waals surface area (Å²) in [7, 11) is 0. The number of ether oxygens (including phenoxy) is 1. The van der Waals surface area contributed by atoms with E-state index < -0.39 is 23.3 Å². The summed E-state index contributed by atoms with van der Waals surface area (Å²) in [6, 6.07) is 3.61. The number of carbonyl (C=O) groups excluding carboxylic acids is 1. The quantitative estimate of drug-likeness (QED) is 0.869. The number of nitrogens with zero attached hydrogens (tertiary/aromatic N) is 1. The molecule has 0 aromatic heterocycles. The lowest BCUT2D eigenvalue weighted by molar-refractivity contribution is 0.0931. The van der Waals surface area contributed by atoms with Gasteiger partial charge >= 0.3 is 0 Å². The Labute approximate surface area is 127 Å². The fraction of sp³-hybridized carbons (Fsp3) is 0.375. The lowest BCUT2D eigenvalue weighted by atomic mass is 10.1. The number of nitrogens with one attached hydrogen (secondary N) is 1. The molecule has 1 amide bonds. The van der Waals surface area contributed by atoms with Crippen molar-refractivity contribution in [3.63, 3.8) is 0 Å². The Morgan fingerprint density at radius 2 is 2.09 bits per heavy atom. The van der Waals surface area contributed by atoms with Crippen LogP contribution in [-0.2, 0) is 0 Å². The fourth-order valence-electron chi connectivity index (χ4n) is 2.48. The highest BCUT2D eigenvalue weighted by molar-refractivity contribution is 5.94. The van der Waals surface area contributed by atoms with Gasteiger partial charge < -0.3 is 10.1 Å². The second kappa shape index (κ2) is 6.91. The molecule has 2 atom stereocenters. The van der Waals surface area contributed by atoms with Crippen LogP contribution in [0.1, 0.15) is 29.6 Å². The van der Waals surface area contributed by atoms with Crippen LogP contribution < -0.4 is 10.1 Å². The van der Waals surface area contributed by atoms with Gasteiger partial charge in [0.25, 0.3) is 5.91 Å². The highest BCUT2D eigenvalue weighted by atomic mass is 19.1. The summed E-state index contributed by atoms with van der Waals surface area (Å²) in [6.07, 6.45) is 7.19. The largest absolute Gasteiger partial charge is 0.475 e. The summed E-state index contributed by atoms with van der Waals surface area (Å²) in [5, 5.41) is 11.6. The number of terminal acetylenes is 1. The molecule has 4 nitrogen and oxygen atoms in total. The molecule has 0 aliphatic heterocycles. The van der Waals surface area contributed by atoms with E-state index in [0.29, 0.717) is 12.8 Å². The number of hydrogen-bond donors (Lipinski definition) is 1. The predicted molar refractivity (Wildman–Crippen MR) is 74.9 cm³/mol. The van der Waals surface area contributed by atoms with Gasteiger partial charge in [0.1, 0.15) is 6.61 Å². The summed E-state index contributed by atoms with van der Waals surface area (Å²) in [5.41, 5.74) is -0.161. The minimum absolute atomic E-state index is 0.161. The van der Waals surface area contributed by atoms with Crippen LogP contribution in [-0.4, -0.2) is 18.6 Å². The highest BCUT2D eigenvalue weighted by Crippen LogP contribution is 2.26. The Kier molecular flexibility index (Phi) is 4.95. The van der Waals surface area contributed by atoms with Gasteiger partial charge in [0.05, 0.1) is 12.0 Å². The van der Waals surface area contributed by atoms with Gasteiger partial charge in [0.15, 0.2) is 17.4 Å². The standard InChI is InChI=1S/C16H14F2N2O2/c1-2-6-22-15-12(17)7-11(8-13(15)18)16(21)20-14-5-3-4-10(14)9-19/h1,7-8,10,14H,3-6H2,(H,20,21)/t10-,14+/m0/s1. The van der Waals surface area contributed by atoms with Crippen molar-refractivity contribution in [2.45, 2.75) is 25.3 Å². The predicted octanol–water partition coefficient (Wildman–Crippen LogP) is 2.40. The average Bonchev–Trinajstić information content (AvgIpc) is 2.93. The monoisotopic (exact) mass is 304 g/mol. The number of amides is 1. The lowest BCUT2D eigenvalue weighted by Gasteiger charge is -2.16. The first-order valence-electron chi connectivity index (χ1n) is 6.82. The summed E-state index contributed by atoms with van der Waals surface area (Å²) in [6.45, 7) is -0.273. The fourth-order valence-corrected chi connectivity index (χ4v) is 2.48. The molecular formula is C16H14F2N2O2. The van der Waals surface area contributed by atoms with E-state index in [2.05, 4.69) is 17.3 Å². The Morgan fingerprint density at radius 3 is 2.68 bits per heavy atom. The van der Waals surface area contributed by atoms with Gasteiger partial charge in [-0.3, -0.25) is 4.79 Å². The average molecular weight is 304 g/mol. The van der Waals surface area contributed by atoms with Gasteiger partial charge in [-0.25, -0.2) is 8.78 Å². The van der Waals surface area contributed by atoms with Gasteiger partial charge in [-0.15, -0.1) is 6.42 Å². The molecule has 1 N–H and O–H groups in total. The third-order valence-corrected chi connectivity index (χ3v) is 3.56. The van der Waals surface area contributed by atoms with Crippen molar-refractivity contribution >= 4 is 5.91 Å². The van der Waals surface area contributed by atoms with Gasteiger partial charge in [-0.1, -0.05) is 5.92 Å². The van der Waals surface area contributed by atoms with Crippen molar-refractivity contribution in [2.24, 2.45) is 5.92 Å². The van der Waals surface area contributed by atoms with Gasteiger partial charge in [-0.05, 0) is 31.4 Å². The first-order chi connectivity index (χ1) is 10.6. The molecule has 0 spiro atoms. The molecule has 22 heavy (non-hydrogen) atoms. The highest BCUT2D eigenvalue weighted by Gasteiger charge is 2.29. The second-order valence-electron chi connectivity index (χ2n) is 5.01.